The zero-order valence-corrected chi connectivity index (χ0v) is 16.5. The van der Waals surface area contributed by atoms with E-state index in [4.69, 9.17) is 4.74 Å². The highest BCUT2D eigenvalue weighted by molar-refractivity contribution is 9.10. The summed E-state index contributed by atoms with van der Waals surface area (Å²) in [7, 11) is 1.54. The Balaban J connectivity index is 1.85. The van der Waals surface area contributed by atoms with Crippen LogP contribution in [0.1, 0.15) is 0 Å². The van der Waals surface area contributed by atoms with Crippen molar-refractivity contribution < 1.29 is 9.84 Å². The highest BCUT2D eigenvalue weighted by Gasteiger charge is 2.19. The number of hydrogen-bond donors (Lipinski definition) is 2. The van der Waals surface area contributed by atoms with E-state index in [2.05, 4.69) is 25.9 Å². The number of aryl methyl sites for hydroxylation is 1. The van der Waals surface area contributed by atoms with Gasteiger partial charge in [0.05, 0.1) is 6.54 Å². The van der Waals surface area contributed by atoms with Crippen LogP contribution in [0, 0.1) is 0 Å². The quantitative estimate of drug-likeness (QED) is 0.560. The van der Waals surface area contributed by atoms with Crippen LogP contribution in [0.3, 0.4) is 0 Å². The number of fused-ring (bicyclic) bond motifs is 1. The molecular formula is C16H17BrN4O4S. The van der Waals surface area contributed by atoms with E-state index in [0.29, 0.717) is 10.9 Å². The highest BCUT2D eigenvalue weighted by Crippen LogP contribution is 2.20. The van der Waals surface area contributed by atoms with Gasteiger partial charge in [-0.3, -0.25) is 14.3 Å². The number of nitrogens with one attached hydrogen (secondary N) is 1. The fourth-order valence-electron chi connectivity index (χ4n) is 2.53. The summed E-state index contributed by atoms with van der Waals surface area (Å²) in [5, 5.41) is 10.9. The predicted octanol–water partition coefficient (Wildman–Crippen LogP) is 1.35. The summed E-state index contributed by atoms with van der Waals surface area (Å²) in [6, 6.07) is 7.27. The van der Waals surface area contributed by atoms with Gasteiger partial charge in [-0.15, -0.1) is 0 Å². The second-order valence-electron chi connectivity index (χ2n) is 5.62. The third-order valence-corrected chi connectivity index (χ3v) is 5.01. The van der Waals surface area contributed by atoms with Crippen LogP contribution < -0.4 is 16.0 Å². The molecule has 1 aromatic carbocycles. The summed E-state index contributed by atoms with van der Waals surface area (Å²) >= 11 is 4.68. The number of imidazole rings is 1. The van der Waals surface area contributed by atoms with Gasteiger partial charge in [-0.2, -0.15) is 0 Å². The van der Waals surface area contributed by atoms with Crippen LogP contribution in [0.4, 0.5) is 0 Å². The molecule has 2 heterocycles. The molecule has 0 aliphatic carbocycles. The predicted molar refractivity (Wildman–Crippen MR) is 103 cm³/mol. The molecule has 0 radical (unpaired) electrons. The van der Waals surface area contributed by atoms with Crippen molar-refractivity contribution in [2.45, 2.75) is 17.8 Å². The zero-order chi connectivity index (χ0) is 18.8. The van der Waals surface area contributed by atoms with Crippen LogP contribution in [0.2, 0.25) is 0 Å². The maximum atomic E-state index is 12.2. The average Bonchev–Trinajstić information content (AvgIpc) is 2.98. The molecule has 2 N–H and O–H groups in total. The van der Waals surface area contributed by atoms with E-state index in [1.807, 2.05) is 18.4 Å². The van der Waals surface area contributed by atoms with Gasteiger partial charge < -0.3 is 14.4 Å². The monoisotopic (exact) mass is 440 g/mol. The Bertz CT molecular complexity index is 1040. The number of aliphatic hydroxyl groups excluding tert-OH is 1. The number of thioether (sulfide) groups is 1. The third-order valence-electron chi connectivity index (χ3n) is 3.80. The van der Waals surface area contributed by atoms with Crippen molar-refractivity contribution in [2.24, 2.45) is 7.05 Å². The number of aromatic amines is 1. The number of ether oxygens (including phenoxy) is 1. The number of aliphatic hydroxyl groups is 1. The first-order valence-electron chi connectivity index (χ1n) is 7.70. The topological polar surface area (TPSA) is 102 Å². The molecule has 0 unspecified atom stereocenters. The highest BCUT2D eigenvalue weighted by atomic mass is 79.9. The Kier molecular flexibility index (Phi) is 5.54. The molecule has 0 amide bonds. The first-order chi connectivity index (χ1) is 12.4. The fourth-order valence-corrected chi connectivity index (χ4v) is 3.35. The zero-order valence-electron chi connectivity index (χ0n) is 14.1. The molecule has 0 spiro atoms. The molecule has 0 aliphatic heterocycles. The van der Waals surface area contributed by atoms with Gasteiger partial charge in [0.1, 0.15) is 18.5 Å². The van der Waals surface area contributed by atoms with E-state index >= 15 is 0 Å². The maximum Gasteiger partial charge on any atom is 0.329 e. The van der Waals surface area contributed by atoms with Gasteiger partial charge in [-0.25, -0.2) is 9.78 Å². The second kappa shape index (κ2) is 7.68. The molecule has 10 heteroatoms. The van der Waals surface area contributed by atoms with Crippen LogP contribution in [-0.2, 0) is 13.6 Å². The molecule has 8 nitrogen and oxygen atoms in total. The molecule has 0 saturated heterocycles. The summed E-state index contributed by atoms with van der Waals surface area (Å²) in [5.74, 6) is 0.632. The Labute approximate surface area is 161 Å². The first-order valence-corrected chi connectivity index (χ1v) is 9.72. The fraction of sp³-hybridized carbons (Fsp3) is 0.312. The van der Waals surface area contributed by atoms with E-state index in [-0.39, 0.29) is 24.3 Å². The van der Waals surface area contributed by atoms with Crippen molar-refractivity contribution in [1.29, 1.82) is 0 Å². The number of hydrogen-bond acceptors (Lipinski definition) is 6. The van der Waals surface area contributed by atoms with E-state index in [0.717, 1.165) is 4.47 Å². The standard InChI is InChI=1S/C16H17BrN4O4S/c1-20-13-12(14(23)19-15(20)24)21(16(18-13)26-2)7-10(22)8-25-11-5-3-9(17)4-6-11/h3-6,10,22H,7-8H2,1-2H3,(H,19,23,24)/t10-/m0/s1. The Morgan fingerprint density at radius 1 is 1.35 bits per heavy atom. The molecule has 0 aliphatic rings. The second-order valence-corrected chi connectivity index (χ2v) is 7.31. The van der Waals surface area contributed by atoms with Crippen molar-refractivity contribution in [3.8, 4) is 5.75 Å². The lowest BCUT2D eigenvalue weighted by molar-refractivity contribution is 0.0914. The molecule has 3 aromatic rings. The van der Waals surface area contributed by atoms with Crippen LogP contribution in [-0.4, -0.2) is 43.2 Å². The lowest BCUT2D eigenvalue weighted by atomic mass is 10.3. The summed E-state index contributed by atoms with van der Waals surface area (Å²) in [6.45, 7) is 0.170. The minimum atomic E-state index is -0.862. The normalized spacial score (nSPS) is 12.5. The number of H-pyrrole nitrogens is 1. The largest absolute Gasteiger partial charge is 0.491 e. The molecule has 26 heavy (non-hydrogen) atoms. The summed E-state index contributed by atoms with van der Waals surface area (Å²) < 4.78 is 9.39. The van der Waals surface area contributed by atoms with Gasteiger partial charge in [0.2, 0.25) is 0 Å². The number of nitrogens with zero attached hydrogens (tertiary/aromatic N) is 3. The molecule has 0 saturated carbocycles. The molecule has 1 atom stereocenters. The number of benzene rings is 1. The SMILES string of the molecule is CSc1nc2c(c(=O)[nH]c(=O)n2C)n1C[C@H](O)COc1ccc(Br)cc1. The van der Waals surface area contributed by atoms with Crippen molar-refractivity contribution >= 4 is 38.9 Å². The number of aromatic nitrogens is 4. The van der Waals surface area contributed by atoms with Crippen LogP contribution in [0.5, 0.6) is 5.75 Å². The van der Waals surface area contributed by atoms with E-state index < -0.39 is 17.4 Å². The third kappa shape index (κ3) is 3.71. The molecule has 2 aromatic heterocycles. The van der Waals surface area contributed by atoms with E-state index in [1.165, 1.54) is 23.4 Å². The average molecular weight is 441 g/mol. The summed E-state index contributed by atoms with van der Waals surface area (Å²) in [6.07, 6.45) is 0.952. The summed E-state index contributed by atoms with van der Waals surface area (Å²) in [4.78, 5) is 30.6. The smallest absolute Gasteiger partial charge is 0.329 e. The number of rotatable bonds is 6. The van der Waals surface area contributed by atoms with Gasteiger partial charge in [0.25, 0.3) is 5.56 Å². The van der Waals surface area contributed by atoms with Gasteiger partial charge in [0, 0.05) is 11.5 Å². The van der Waals surface area contributed by atoms with E-state index in [1.54, 1.807) is 16.7 Å². The lowest BCUT2D eigenvalue weighted by Crippen LogP contribution is -2.30. The Hall–Kier alpha value is -2.04. The molecular weight excluding hydrogens is 424 g/mol. The summed E-state index contributed by atoms with van der Waals surface area (Å²) in [5.41, 5.74) is -0.529. The Morgan fingerprint density at radius 3 is 2.69 bits per heavy atom. The minimum absolute atomic E-state index is 0.0544. The van der Waals surface area contributed by atoms with Crippen molar-refractivity contribution in [2.75, 3.05) is 12.9 Å². The molecule has 0 bridgehead atoms. The van der Waals surface area contributed by atoms with Crippen molar-refractivity contribution in [3.05, 3.63) is 49.6 Å². The van der Waals surface area contributed by atoms with Crippen molar-refractivity contribution in [3.63, 3.8) is 0 Å². The van der Waals surface area contributed by atoms with Crippen LogP contribution in [0.25, 0.3) is 11.2 Å². The lowest BCUT2D eigenvalue weighted by Gasteiger charge is -2.14. The molecule has 138 valence electrons. The molecule has 3 rings (SSSR count). The maximum absolute atomic E-state index is 12.2. The number of halogens is 1. The van der Waals surface area contributed by atoms with Gasteiger partial charge >= 0.3 is 5.69 Å². The van der Waals surface area contributed by atoms with Gasteiger partial charge in [-0.1, -0.05) is 27.7 Å². The van der Waals surface area contributed by atoms with Gasteiger partial charge in [-0.05, 0) is 30.5 Å². The van der Waals surface area contributed by atoms with E-state index in [9.17, 15) is 14.7 Å². The van der Waals surface area contributed by atoms with Crippen molar-refractivity contribution in [1.82, 2.24) is 19.1 Å². The van der Waals surface area contributed by atoms with Crippen LogP contribution >= 0.6 is 27.7 Å². The molecule has 0 fully saturated rings. The minimum Gasteiger partial charge on any atom is -0.491 e. The van der Waals surface area contributed by atoms with Gasteiger partial charge in [0.15, 0.2) is 16.3 Å². The first kappa shape index (κ1) is 18.7. The van der Waals surface area contributed by atoms with Crippen LogP contribution in [0.15, 0.2) is 43.5 Å². The Morgan fingerprint density at radius 2 is 2.04 bits per heavy atom.